The van der Waals surface area contributed by atoms with Gasteiger partial charge in [-0.3, -0.25) is 19.2 Å². The summed E-state index contributed by atoms with van der Waals surface area (Å²) in [6, 6.07) is 5.13. The number of rotatable bonds is 8. The number of ether oxygens (including phenoxy) is 5. The SMILES string of the molecule is CC(=O)OC[C@H]1O[C@@H](Oc2cc3ccc(=O)oc3cc2O)[C@@H](CC(N)=O)[C@@H](OC(C)=O)[C@@H]1OC(C)=O. The third kappa shape index (κ3) is 6.50. The summed E-state index contributed by atoms with van der Waals surface area (Å²) < 4.78 is 32.5. The first kappa shape index (κ1) is 26.5. The Morgan fingerprint density at radius 3 is 2.28 bits per heavy atom. The standard InChI is InChI=1S/C23H25NO12/c1-10(25)31-9-18-22(33-12(3)27)21(32-11(2)26)14(7-19(24)29)23(36-18)35-17-6-13-4-5-20(30)34-16(13)8-15(17)28/h4-6,8,14,18,21-23,28H,7,9H2,1-3H3,(H2,24,29)/t14-,18+,21+,22+,23+/m0/s1. The van der Waals surface area contributed by atoms with Crippen molar-refractivity contribution in [2.24, 2.45) is 11.7 Å². The highest BCUT2D eigenvalue weighted by Crippen LogP contribution is 2.38. The second-order valence-electron chi connectivity index (χ2n) is 8.06. The van der Waals surface area contributed by atoms with Crippen LogP contribution in [0.15, 0.2) is 33.5 Å². The van der Waals surface area contributed by atoms with Crippen molar-refractivity contribution < 1.29 is 52.4 Å². The smallest absolute Gasteiger partial charge is 0.336 e. The first-order valence-electron chi connectivity index (χ1n) is 10.8. The molecule has 1 aliphatic heterocycles. The predicted molar refractivity (Wildman–Crippen MR) is 118 cm³/mol. The number of hydrogen-bond donors (Lipinski definition) is 2. The van der Waals surface area contributed by atoms with Gasteiger partial charge in [0.15, 0.2) is 23.7 Å². The lowest BCUT2D eigenvalue weighted by Gasteiger charge is -2.44. The maximum atomic E-state index is 11.9. The lowest BCUT2D eigenvalue weighted by atomic mass is 9.87. The Balaban J connectivity index is 2.04. The number of aromatic hydroxyl groups is 1. The number of benzene rings is 1. The molecule has 2 heterocycles. The number of fused-ring (bicyclic) bond motifs is 1. The molecule has 36 heavy (non-hydrogen) atoms. The summed E-state index contributed by atoms with van der Waals surface area (Å²) in [5.74, 6) is -4.64. The van der Waals surface area contributed by atoms with E-state index >= 15 is 0 Å². The summed E-state index contributed by atoms with van der Waals surface area (Å²) in [6.07, 6.45) is -5.58. The normalized spacial score (nSPS) is 23.5. The van der Waals surface area contributed by atoms with Crippen LogP contribution in [-0.4, -0.2) is 60.1 Å². The minimum absolute atomic E-state index is 0.0889. The zero-order valence-corrected chi connectivity index (χ0v) is 19.6. The van der Waals surface area contributed by atoms with Crippen molar-refractivity contribution in [3.05, 3.63) is 34.7 Å². The summed E-state index contributed by atoms with van der Waals surface area (Å²) in [6.45, 7) is 2.97. The molecule has 2 aromatic rings. The Labute approximate surface area is 204 Å². The molecule has 1 aromatic heterocycles. The summed E-state index contributed by atoms with van der Waals surface area (Å²) >= 11 is 0. The molecule has 0 bridgehead atoms. The van der Waals surface area contributed by atoms with Gasteiger partial charge in [0.2, 0.25) is 12.2 Å². The van der Waals surface area contributed by atoms with Gasteiger partial charge >= 0.3 is 23.5 Å². The highest BCUT2D eigenvalue weighted by molar-refractivity contribution is 5.80. The molecule has 1 fully saturated rings. The Bertz CT molecular complexity index is 1220. The number of phenolic OH excluding ortho intramolecular Hbond substituents is 1. The topological polar surface area (TPSA) is 191 Å². The number of phenols is 1. The van der Waals surface area contributed by atoms with Crippen molar-refractivity contribution in [1.29, 1.82) is 0 Å². The molecule has 1 amide bonds. The number of hydrogen-bond acceptors (Lipinski definition) is 12. The van der Waals surface area contributed by atoms with Crippen molar-refractivity contribution in [2.45, 2.75) is 51.8 Å². The fraction of sp³-hybridized carbons (Fsp3) is 0.435. The number of carbonyl (C=O) groups excluding carboxylic acids is 4. The second-order valence-corrected chi connectivity index (χ2v) is 8.06. The Morgan fingerprint density at radius 2 is 1.67 bits per heavy atom. The molecule has 194 valence electrons. The number of carbonyl (C=O) groups is 4. The van der Waals surface area contributed by atoms with Crippen molar-refractivity contribution >= 4 is 34.8 Å². The molecule has 13 heteroatoms. The molecule has 1 aliphatic rings. The maximum Gasteiger partial charge on any atom is 0.336 e. The van der Waals surface area contributed by atoms with E-state index in [4.69, 9.17) is 33.8 Å². The molecule has 0 saturated carbocycles. The second kappa shape index (κ2) is 11.1. The van der Waals surface area contributed by atoms with Gasteiger partial charge in [-0.15, -0.1) is 0 Å². The summed E-state index contributed by atoms with van der Waals surface area (Å²) in [4.78, 5) is 58.5. The Morgan fingerprint density at radius 1 is 1.00 bits per heavy atom. The van der Waals surface area contributed by atoms with Crippen LogP contribution in [0.25, 0.3) is 11.0 Å². The fourth-order valence-electron chi connectivity index (χ4n) is 3.84. The van der Waals surface area contributed by atoms with E-state index in [9.17, 15) is 29.1 Å². The van der Waals surface area contributed by atoms with E-state index in [0.29, 0.717) is 5.39 Å². The molecule has 3 rings (SSSR count). The van der Waals surface area contributed by atoms with Crippen molar-refractivity contribution in [2.75, 3.05) is 6.61 Å². The maximum absolute atomic E-state index is 11.9. The van der Waals surface area contributed by atoms with Crippen LogP contribution in [0.1, 0.15) is 27.2 Å². The van der Waals surface area contributed by atoms with Crippen LogP contribution >= 0.6 is 0 Å². The number of esters is 3. The molecule has 0 spiro atoms. The monoisotopic (exact) mass is 507 g/mol. The lowest BCUT2D eigenvalue weighted by Crippen LogP contribution is -2.60. The molecule has 0 aliphatic carbocycles. The highest BCUT2D eigenvalue weighted by Gasteiger charge is 2.52. The largest absolute Gasteiger partial charge is 0.504 e. The van der Waals surface area contributed by atoms with E-state index in [0.717, 1.165) is 26.8 Å². The Kier molecular flexibility index (Phi) is 8.14. The third-order valence-electron chi connectivity index (χ3n) is 5.21. The molecule has 0 unspecified atom stereocenters. The van der Waals surface area contributed by atoms with E-state index < -0.39 is 78.7 Å². The molecule has 1 aromatic carbocycles. The van der Waals surface area contributed by atoms with Crippen LogP contribution in [0.2, 0.25) is 0 Å². The minimum atomic E-state index is -1.40. The first-order valence-corrected chi connectivity index (χ1v) is 10.8. The minimum Gasteiger partial charge on any atom is -0.504 e. The van der Waals surface area contributed by atoms with Gasteiger partial charge < -0.3 is 38.9 Å². The number of amides is 1. The molecule has 0 radical (unpaired) electrons. The van der Waals surface area contributed by atoms with Gasteiger partial charge in [-0.2, -0.15) is 0 Å². The van der Waals surface area contributed by atoms with E-state index in [1.54, 1.807) is 0 Å². The van der Waals surface area contributed by atoms with E-state index in [2.05, 4.69) is 0 Å². The van der Waals surface area contributed by atoms with E-state index in [1.807, 2.05) is 0 Å². The van der Waals surface area contributed by atoms with E-state index in [1.165, 1.54) is 18.2 Å². The zero-order chi connectivity index (χ0) is 26.6. The van der Waals surface area contributed by atoms with Crippen LogP contribution in [0, 0.1) is 5.92 Å². The highest BCUT2D eigenvalue weighted by atomic mass is 16.7. The molecular weight excluding hydrogens is 482 g/mol. The van der Waals surface area contributed by atoms with Crippen LogP contribution in [-0.2, 0) is 38.1 Å². The third-order valence-corrected chi connectivity index (χ3v) is 5.21. The van der Waals surface area contributed by atoms with Crippen LogP contribution < -0.4 is 16.1 Å². The number of primary amides is 1. The van der Waals surface area contributed by atoms with E-state index in [-0.39, 0.29) is 11.3 Å². The molecule has 13 nitrogen and oxygen atoms in total. The van der Waals surface area contributed by atoms with Crippen LogP contribution in [0.5, 0.6) is 11.5 Å². The van der Waals surface area contributed by atoms with Gasteiger partial charge in [0, 0.05) is 44.7 Å². The van der Waals surface area contributed by atoms with Gasteiger partial charge in [-0.05, 0) is 12.1 Å². The molecule has 5 atom stereocenters. The first-order chi connectivity index (χ1) is 16.9. The number of nitrogens with two attached hydrogens (primary N) is 1. The average Bonchev–Trinajstić information content (AvgIpc) is 2.76. The lowest BCUT2D eigenvalue weighted by molar-refractivity contribution is -0.270. The van der Waals surface area contributed by atoms with Crippen molar-refractivity contribution in [3.63, 3.8) is 0 Å². The quantitative estimate of drug-likeness (QED) is 0.286. The molecular formula is C23H25NO12. The summed E-state index contributed by atoms with van der Waals surface area (Å²) in [7, 11) is 0. The summed E-state index contributed by atoms with van der Waals surface area (Å²) in [5.41, 5.74) is 4.88. The fourth-order valence-corrected chi connectivity index (χ4v) is 3.84. The summed E-state index contributed by atoms with van der Waals surface area (Å²) in [5, 5.41) is 10.9. The van der Waals surface area contributed by atoms with Crippen molar-refractivity contribution in [1.82, 2.24) is 0 Å². The van der Waals surface area contributed by atoms with Gasteiger partial charge in [0.1, 0.15) is 18.3 Å². The van der Waals surface area contributed by atoms with Gasteiger partial charge in [-0.25, -0.2) is 4.79 Å². The zero-order valence-electron chi connectivity index (χ0n) is 19.6. The average molecular weight is 507 g/mol. The van der Waals surface area contributed by atoms with Gasteiger partial charge in [0.05, 0.1) is 5.92 Å². The van der Waals surface area contributed by atoms with Gasteiger partial charge in [-0.1, -0.05) is 0 Å². The van der Waals surface area contributed by atoms with Crippen LogP contribution in [0.4, 0.5) is 0 Å². The van der Waals surface area contributed by atoms with Gasteiger partial charge in [0.25, 0.3) is 0 Å². The molecule has 3 N–H and O–H groups in total. The van der Waals surface area contributed by atoms with Crippen molar-refractivity contribution in [3.8, 4) is 11.5 Å². The Hall–Kier alpha value is -4.13. The molecule has 1 saturated heterocycles. The van der Waals surface area contributed by atoms with Crippen LogP contribution in [0.3, 0.4) is 0 Å². The predicted octanol–water partition coefficient (Wildman–Crippen LogP) is 0.520.